The standard InChI is InChI=1S/2C12H23N.C6H14.3C5H12.6CH4.8CH3.2B.2W.2Y/c2*1-11(2)13-9-7-12(8-10-13)5-3-4-6-12;1-4-5-6(2)3;3*1-3-5-4-2;;;;;;;;;;;;;;;;;;;;/h2*11H,3-10H2,1-2H3;6H,4-5H2,1-3H3;3*3-5H2,1-2H3;6*1H4;8*1H3;;;;;;/q;;;;;;;;;;;;8*-1;;;2*+2;;. The van der Waals surface area contributed by atoms with Crippen molar-refractivity contribution in [2.75, 3.05) is 26.2 Å². The van der Waals surface area contributed by atoms with Gasteiger partial charge in [-0.3, -0.25) is 0 Å². The number of likely N-dealkylation sites (tertiary alicyclic amines) is 2. The van der Waals surface area contributed by atoms with E-state index in [-0.39, 0.29) is 228 Å². The summed E-state index contributed by atoms with van der Waals surface area (Å²) in [5.41, 5.74) is 1.59. The summed E-state index contributed by atoms with van der Waals surface area (Å²) in [5, 5.41) is 0. The number of hydrogen-bond donors (Lipinski definition) is 0. The van der Waals surface area contributed by atoms with Gasteiger partial charge in [-0.25, -0.2) is 0 Å². The fraction of sp³-hybridized carbons (Fsp3) is 0.864. The Kier molecular flexibility index (Phi) is 213. The van der Waals surface area contributed by atoms with Crippen molar-refractivity contribution < 1.29 is 108 Å². The second-order valence-electron chi connectivity index (χ2n) is 16.9. The second-order valence-corrected chi connectivity index (χ2v) is 16.9. The summed E-state index contributed by atoms with van der Waals surface area (Å²) in [6.45, 7) is 34.7. The van der Waals surface area contributed by atoms with E-state index in [0.29, 0.717) is 0 Å². The van der Waals surface area contributed by atoms with Gasteiger partial charge in [0.05, 0.1) is 0 Å². The van der Waals surface area contributed by atoms with E-state index >= 15 is 0 Å². The summed E-state index contributed by atoms with van der Waals surface area (Å²) in [6.07, 6.45) is 33.0. The van der Waals surface area contributed by atoms with Crippen LogP contribution in [0.25, 0.3) is 0 Å². The Bertz CT molecular complexity index is 571. The molecule has 0 atom stereocenters. The Morgan fingerprint density at radius 2 is 0.522 bits per heavy atom. The number of rotatable bonds is 10. The van der Waals surface area contributed by atoms with Gasteiger partial charge in [-0.05, 0) is 122 Å². The Balaban J connectivity index is -0.0000000179. The van der Waals surface area contributed by atoms with Gasteiger partial charge in [0.15, 0.2) is 0 Å². The fourth-order valence-corrected chi connectivity index (χ4v) is 7.92. The zero-order valence-electron chi connectivity index (χ0n) is 46.8. The molecule has 8 heteroatoms. The van der Waals surface area contributed by atoms with Gasteiger partial charge >= 0.3 is 42.1 Å². The second kappa shape index (κ2) is 98.8. The van der Waals surface area contributed by atoms with Gasteiger partial charge < -0.3 is 69.2 Å². The molecule has 67 heavy (non-hydrogen) atoms. The third-order valence-electron chi connectivity index (χ3n) is 11.5. The van der Waals surface area contributed by atoms with E-state index in [9.17, 15) is 0 Å². The summed E-state index contributed by atoms with van der Waals surface area (Å²) < 4.78 is 0. The van der Waals surface area contributed by atoms with Crippen molar-refractivity contribution in [2.45, 2.75) is 294 Å². The van der Waals surface area contributed by atoms with Crippen LogP contribution in [0.2, 0.25) is 0 Å². The predicted octanol–water partition coefficient (Wildman–Crippen LogP) is 21.8. The van der Waals surface area contributed by atoms with Gasteiger partial charge in [-0.2, -0.15) is 0 Å². The average Bonchev–Trinajstić information content (AvgIpc) is 3.70. The first-order chi connectivity index (χ1) is 22.5. The fourth-order valence-electron chi connectivity index (χ4n) is 7.92. The molecule has 2 saturated heterocycles. The van der Waals surface area contributed by atoms with E-state index in [2.05, 4.69) is 99.8 Å². The number of piperidine rings is 2. The van der Waals surface area contributed by atoms with Crippen LogP contribution < -0.4 is 0 Å². The molecule has 0 aromatic carbocycles. The quantitative estimate of drug-likeness (QED) is 0.159. The molecular formula is C59H144B2N2W2Y2-4. The Labute approximate surface area is 525 Å². The topological polar surface area (TPSA) is 6.48 Å². The summed E-state index contributed by atoms with van der Waals surface area (Å²) in [4.78, 5) is 5.28. The predicted molar refractivity (Wildman–Crippen MR) is 322 cm³/mol. The third kappa shape index (κ3) is 81.2. The molecule has 0 amide bonds. The molecule has 0 N–H and O–H groups in total. The molecule has 4 fully saturated rings. The summed E-state index contributed by atoms with van der Waals surface area (Å²) >= 11 is 0. The van der Waals surface area contributed by atoms with E-state index in [4.69, 9.17) is 0 Å². The molecule has 4 aliphatic rings. The number of unbranched alkanes of at least 4 members (excludes halogenated alkanes) is 6. The van der Waals surface area contributed by atoms with Crippen LogP contribution in [-0.2, 0) is 108 Å². The molecule has 0 aromatic heterocycles. The van der Waals surface area contributed by atoms with Gasteiger partial charge in [0.25, 0.3) is 0 Å². The van der Waals surface area contributed by atoms with Crippen molar-refractivity contribution in [2.24, 2.45) is 16.7 Å². The van der Waals surface area contributed by atoms with Crippen LogP contribution in [-0.4, -0.2) is 64.9 Å². The monoisotopic (exact) mass is 1450 g/mol. The largest absolute Gasteiger partial charge is 2.00 e. The van der Waals surface area contributed by atoms with Gasteiger partial charge in [0.1, 0.15) is 0 Å². The van der Waals surface area contributed by atoms with E-state index in [1.807, 2.05) is 0 Å². The summed E-state index contributed by atoms with van der Waals surface area (Å²) in [7, 11) is 0. The minimum Gasteiger partial charge on any atom is -0.358 e. The number of hydrogen-bond acceptors (Lipinski definition) is 2. The minimum atomic E-state index is 0. The molecule has 0 unspecified atom stereocenters. The maximum Gasteiger partial charge on any atom is 2.00 e. The van der Waals surface area contributed by atoms with Crippen LogP contribution in [0.3, 0.4) is 0 Å². The molecule has 0 bridgehead atoms. The van der Waals surface area contributed by atoms with Crippen LogP contribution in [0.5, 0.6) is 0 Å². The molecule has 2 aliphatic heterocycles. The molecule has 0 aromatic rings. The summed E-state index contributed by atoms with van der Waals surface area (Å²) in [5.74, 6) is 0.898. The van der Waals surface area contributed by atoms with Crippen LogP contribution in [0.15, 0.2) is 0 Å². The van der Waals surface area contributed by atoms with Crippen molar-refractivity contribution in [3.05, 3.63) is 59.4 Å². The van der Waals surface area contributed by atoms with Gasteiger partial charge in [0, 0.05) is 94.3 Å². The van der Waals surface area contributed by atoms with Crippen LogP contribution in [0, 0.1) is 76.2 Å². The third-order valence-corrected chi connectivity index (χ3v) is 11.5. The Hall–Kier alpha value is 3.63. The van der Waals surface area contributed by atoms with Crippen molar-refractivity contribution in [3.63, 3.8) is 0 Å². The van der Waals surface area contributed by atoms with Crippen molar-refractivity contribution in [1.29, 1.82) is 0 Å². The molecule has 2 nitrogen and oxygen atoms in total. The molecule has 4 rings (SSSR count). The van der Waals surface area contributed by atoms with Gasteiger partial charge in [-0.1, -0.05) is 203 Å². The van der Waals surface area contributed by atoms with Crippen LogP contribution >= 0.6 is 0 Å². The van der Waals surface area contributed by atoms with Crippen LogP contribution in [0.1, 0.15) is 282 Å². The smallest absolute Gasteiger partial charge is 0.358 e. The van der Waals surface area contributed by atoms with E-state index < -0.39 is 0 Å². The van der Waals surface area contributed by atoms with Crippen molar-refractivity contribution in [1.82, 2.24) is 9.80 Å². The first-order valence-electron chi connectivity index (χ1n) is 21.9. The number of nitrogens with zero attached hydrogens (tertiary/aromatic N) is 2. The molecule has 418 valence electrons. The SMILES string of the molecule is C.C.C.C.C.C.CC(C)N1CCC2(CCCC2)CC1.CC(C)N1CCC2(CCCC2)CC1.CCCC(C)C.CCCCC.CCCCC.CCCCC.[B].[B].[CH3-].[CH3-].[CH3-].[CH3-].[CH3-].[CH3-].[CH3-].[CH3-].[W+2].[W+2].[Y].[Y]. The zero-order chi connectivity index (χ0) is 36.0. The van der Waals surface area contributed by atoms with E-state index in [1.54, 1.807) is 0 Å². The molecule has 2 aliphatic carbocycles. The van der Waals surface area contributed by atoms with Gasteiger partial charge in [-0.15, -0.1) is 0 Å². The van der Waals surface area contributed by atoms with E-state index in [0.717, 1.165) is 28.8 Å². The molecular weight excluding hydrogens is 1300 g/mol. The Morgan fingerprint density at radius 3 is 0.612 bits per heavy atom. The summed E-state index contributed by atoms with van der Waals surface area (Å²) in [6, 6.07) is 1.53. The first-order valence-corrected chi connectivity index (χ1v) is 21.9. The first kappa shape index (κ1) is 145. The average molecular weight is 1450 g/mol. The van der Waals surface area contributed by atoms with Crippen molar-refractivity contribution in [3.8, 4) is 0 Å². The molecule has 2 saturated carbocycles. The molecule has 2 spiro atoms. The molecule has 2 heterocycles. The Morgan fingerprint density at radius 1 is 0.343 bits per heavy atom. The normalized spacial score (nSPS) is 14.0. The zero-order valence-corrected chi connectivity index (χ0v) is 58.4. The minimum absolute atomic E-state index is 0. The maximum atomic E-state index is 2.64. The van der Waals surface area contributed by atoms with E-state index in [1.165, 1.54) is 174 Å². The van der Waals surface area contributed by atoms with Crippen molar-refractivity contribution >= 4 is 16.8 Å². The maximum absolute atomic E-state index is 2.64. The van der Waals surface area contributed by atoms with Crippen LogP contribution in [0.4, 0.5) is 0 Å². The van der Waals surface area contributed by atoms with Gasteiger partial charge in [0.2, 0.25) is 0 Å². The molecule has 8 radical (unpaired) electrons.